The monoisotopic (exact) mass is 157 g/mol. The summed E-state index contributed by atoms with van der Waals surface area (Å²) in [6.07, 6.45) is 5.09. The molecule has 1 fully saturated rings. The van der Waals surface area contributed by atoms with Crippen LogP contribution >= 0.6 is 0 Å². The van der Waals surface area contributed by atoms with Gasteiger partial charge >= 0.3 is 0 Å². The SMILES string of the molecule is CCC(CO)N1CCCCC1. The molecule has 66 valence electrons. The Morgan fingerprint density at radius 3 is 2.36 bits per heavy atom. The van der Waals surface area contributed by atoms with E-state index in [-0.39, 0.29) is 0 Å². The number of aliphatic hydroxyl groups excluding tert-OH is 1. The van der Waals surface area contributed by atoms with E-state index in [0.717, 1.165) is 6.42 Å². The molecule has 2 heteroatoms. The molecule has 0 aliphatic carbocycles. The van der Waals surface area contributed by atoms with Crippen molar-refractivity contribution in [2.24, 2.45) is 0 Å². The first kappa shape index (κ1) is 9.01. The van der Waals surface area contributed by atoms with Gasteiger partial charge in [-0.1, -0.05) is 13.3 Å². The summed E-state index contributed by atoms with van der Waals surface area (Å²) < 4.78 is 0. The smallest absolute Gasteiger partial charge is 0.0586 e. The molecule has 1 rings (SSSR count). The van der Waals surface area contributed by atoms with E-state index in [1.807, 2.05) is 0 Å². The molecule has 0 amide bonds. The van der Waals surface area contributed by atoms with Gasteiger partial charge in [-0.25, -0.2) is 0 Å². The number of piperidine rings is 1. The minimum atomic E-state index is 0.330. The minimum absolute atomic E-state index is 0.330. The first-order chi connectivity index (χ1) is 5.38. The van der Waals surface area contributed by atoms with Crippen LogP contribution in [0.5, 0.6) is 0 Å². The molecule has 0 aromatic heterocycles. The van der Waals surface area contributed by atoms with Crippen molar-refractivity contribution >= 4 is 0 Å². The van der Waals surface area contributed by atoms with E-state index in [2.05, 4.69) is 11.8 Å². The van der Waals surface area contributed by atoms with Gasteiger partial charge in [-0.2, -0.15) is 0 Å². The van der Waals surface area contributed by atoms with Crippen LogP contribution in [0.4, 0.5) is 0 Å². The third-order valence-corrected chi connectivity index (χ3v) is 2.59. The number of rotatable bonds is 3. The Hall–Kier alpha value is -0.0800. The van der Waals surface area contributed by atoms with Gasteiger partial charge in [0.25, 0.3) is 0 Å². The number of aliphatic hydroxyl groups is 1. The van der Waals surface area contributed by atoms with E-state index in [9.17, 15) is 0 Å². The van der Waals surface area contributed by atoms with Crippen LogP contribution < -0.4 is 0 Å². The van der Waals surface area contributed by atoms with Crippen molar-refractivity contribution in [1.29, 1.82) is 0 Å². The minimum Gasteiger partial charge on any atom is -0.395 e. The summed E-state index contributed by atoms with van der Waals surface area (Å²) in [4.78, 5) is 2.42. The molecule has 1 atom stereocenters. The van der Waals surface area contributed by atoms with Gasteiger partial charge in [0.05, 0.1) is 6.61 Å². The average molecular weight is 157 g/mol. The van der Waals surface area contributed by atoms with E-state index in [0.29, 0.717) is 12.6 Å². The number of likely N-dealkylation sites (tertiary alicyclic amines) is 1. The number of hydrogen-bond acceptors (Lipinski definition) is 2. The second kappa shape index (κ2) is 4.73. The van der Waals surface area contributed by atoms with Gasteiger partial charge in [-0.15, -0.1) is 0 Å². The maximum Gasteiger partial charge on any atom is 0.0586 e. The fraction of sp³-hybridized carbons (Fsp3) is 1.00. The summed E-state index contributed by atoms with van der Waals surface area (Å²) in [6, 6.07) is 0.426. The Morgan fingerprint density at radius 2 is 1.91 bits per heavy atom. The molecule has 1 heterocycles. The lowest BCUT2D eigenvalue weighted by atomic mass is 10.1. The summed E-state index contributed by atoms with van der Waals surface area (Å²) in [5.74, 6) is 0. The summed E-state index contributed by atoms with van der Waals surface area (Å²) >= 11 is 0. The van der Waals surface area contributed by atoms with Crippen molar-refractivity contribution in [2.75, 3.05) is 19.7 Å². The largest absolute Gasteiger partial charge is 0.395 e. The highest BCUT2D eigenvalue weighted by molar-refractivity contribution is 4.72. The maximum absolute atomic E-state index is 9.04. The molecule has 1 saturated heterocycles. The van der Waals surface area contributed by atoms with Gasteiger partial charge in [-0.3, -0.25) is 4.90 Å². The van der Waals surface area contributed by atoms with E-state index in [1.54, 1.807) is 0 Å². The zero-order valence-electron chi connectivity index (χ0n) is 7.42. The average Bonchev–Trinajstić information content (AvgIpc) is 2.09. The predicted octanol–water partition coefficient (Wildman–Crippen LogP) is 1.24. The Balaban J connectivity index is 2.30. The number of hydrogen-bond donors (Lipinski definition) is 1. The summed E-state index contributed by atoms with van der Waals surface area (Å²) in [5, 5.41) is 9.04. The predicted molar refractivity (Wildman–Crippen MR) is 46.6 cm³/mol. The Kier molecular flexibility index (Phi) is 3.87. The van der Waals surface area contributed by atoms with Crippen LogP contribution in [0, 0.1) is 0 Å². The van der Waals surface area contributed by atoms with Crippen LogP contribution in [-0.4, -0.2) is 35.7 Å². The molecule has 1 aliphatic heterocycles. The number of nitrogens with zero attached hydrogens (tertiary/aromatic N) is 1. The Bertz CT molecular complexity index is 95.7. The first-order valence-corrected chi connectivity index (χ1v) is 4.73. The highest BCUT2D eigenvalue weighted by Gasteiger charge is 2.17. The standard InChI is InChI=1S/C9H19NO/c1-2-9(8-11)10-6-4-3-5-7-10/h9,11H,2-8H2,1H3. The highest BCUT2D eigenvalue weighted by Crippen LogP contribution is 2.13. The van der Waals surface area contributed by atoms with Crippen molar-refractivity contribution < 1.29 is 5.11 Å². The van der Waals surface area contributed by atoms with Crippen molar-refractivity contribution in [3.05, 3.63) is 0 Å². The van der Waals surface area contributed by atoms with Crippen LogP contribution in [0.2, 0.25) is 0 Å². The van der Waals surface area contributed by atoms with E-state index >= 15 is 0 Å². The fourth-order valence-electron chi connectivity index (χ4n) is 1.79. The normalized spacial score (nSPS) is 23.5. The van der Waals surface area contributed by atoms with Gasteiger partial charge in [0.1, 0.15) is 0 Å². The molecule has 0 aromatic carbocycles. The first-order valence-electron chi connectivity index (χ1n) is 4.73. The molecule has 1 N–H and O–H groups in total. The molecule has 1 aliphatic rings. The van der Waals surface area contributed by atoms with Gasteiger partial charge < -0.3 is 5.11 Å². The van der Waals surface area contributed by atoms with Gasteiger partial charge in [0, 0.05) is 6.04 Å². The van der Waals surface area contributed by atoms with Crippen molar-refractivity contribution in [2.45, 2.75) is 38.6 Å². The third kappa shape index (κ3) is 2.46. The molecular formula is C9H19NO. The van der Waals surface area contributed by atoms with Gasteiger partial charge in [0.15, 0.2) is 0 Å². The topological polar surface area (TPSA) is 23.5 Å². The third-order valence-electron chi connectivity index (χ3n) is 2.59. The maximum atomic E-state index is 9.04. The van der Waals surface area contributed by atoms with Gasteiger partial charge in [-0.05, 0) is 32.4 Å². The zero-order valence-corrected chi connectivity index (χ0v) is 7.42. The fourth-order valence-corrected chi connectivity index (χ4v) is 1.79. The molecule has 0 radical (unpaired) electrons. The molecule has 2 nitrogen and oxygen atoms in total. The van der Waals surface area contributed by atoms with E-state index < -0.39 is 0 Å². The van der Waals surface area contributed by atoms with Crippen LogP contribution in [-0.2, 0) is 0 Å². The van der Waals surface area contributed by atoms with Crippen LogP contribution in [0.1, 0.15) is 32.6 Å². The molecule has 0 aromatic rings. The van der Waals surface area contributed by atoms with E-state index in [1.165, 1.54) is 32.4 Å². The molecule has 0 saturated carbocycles. The molecular weight excluding hydrogens is 138 g/mol. The van der Waals surface area contributed by atoms with Crippen LogP contribution in [0.15, 0.2) is 0 Å². The Labute approximate surface area is 69.2 Å². The highest BCUT2D eigenvalue weighted by atomic mass is 16.3. The summed E-state index contributed by atoms with van der Waals surface area (Å²) in [6.45, 7) is 4.87. The molecule has 0 spiro atoms. The second-order valence-electron chi connectivity index (χ2n) is 3.34. The van der Waals surface area contributed by atoms with Crippen molar-refractivity contribution in [1.82, 2.24) is 4.90 Å². The second-order valence-corrected chi connectivity index (χ2v) is 3.34. The lowest BCUT2D eigenvalue weighted by molar-refractivity contribution is 0.101. The van der Waals surface area contributed by atoms with Gasteiger partial charge in [0.2, 0.25) is 0 Å². The van der Waals surface area contributed by atoms with Crippen molar-refractivity contribution in [3.8, 4) is 0 Å². The van der Waals surface area contributed by atoms with Crippen molar-refractivity contribution in [3.63, 3.8) is 0 Å². The quantitative estimate of drug-likeness (QED) is 0.666. The molecule has 0 bridgehead atoms. The summed E-state index contributed by atoms with van der Waals surface area (Å²) in [5.41, 5.74) is 0. The Morgan fingerprint density at radius 1 is 1.27 bits per heavy atom. The summed E-state index contributed by atoms with van der Waals surface area (Å²) in [7, 11) is 0. The van der Waals surface area contributed by atoms with Crippen LogP contribution in [0.3, 0.4) is 0 Å². The van der Waals surface area contributed by atoms with E-state index in [4.69, 9.17) is 5.11 Å². The molecule has 1 unspecified atom stereocenters. The lowest BCUT2D eigenvalue weighted by Crippen LogP contribution is -2.40. The molecule has 11 heavy (non-hydrogen) atoms. The lowest BCUT2D eigenvalue weighted by Gasteiger charge is -2.32. The zero-order chi connectivity index (χ0) is 8.10. The van der Waals surface area contributed by atoms with Crippen LogP contribution in [0.25, 0.3) is 0 Å².